The Labute approximate surface area is 134 Å². The molecular formula is C17H27ClN2O. The van der Waals surface area contributed by atoms with Gasteiger partial charge in [-0.05, 0) is 56.0 Å². The maximum atomic E-state index is 12.4. The number of amides is 1. The summed E-state index contributed by atoms with van der Waals surface area (Å²) in [6.45, 7) is 8.17. The van der Waals surface area contributed by atoms with E-state index in [-0.39, 0.29) is 18.3 Å². The molecule has 1 aliphatic rings. The van der Waals surface area contributed by atoms with E-state index in [0.29, 0.717) is 0 Å². The van der Waals surface area contributed by atoms with Gasteiger partial charge >= 0.3 is 0 Å². The molecule has 0 bridgehead atoms. The van der Waals surface area contributed by atoms with E-state index in [0.717, 1.165) is 56.9 Å². The SMILES string of the molecule is CCNCC1CCN(C(=O)c2ccc(CC)cc2)CC1.Cl. The van der Waals surface area contributed by atoms with Crippen LogP contribution in [0.1, 0.15) is 42.6 Å². The Morgan fingerprint density at radius 2 is 1.81 bits per heavy atom. The lowest BCUT2D eigenvalue weighted by Gasteiger charge is -2.32. The third kappa shape index (κ3) is 5.01. The highest BCUT2D eigenvalue weighted by atomic mass is 35.5. The number of carbonyl (C=O) groups excluding carboxylic acids is 1. The van der Waals surface area contributed by atoms with Crippen LogP contribution in [0.4, 0.5) is 0 Å². The number of hydrogen-bond acceptors (Lipinski definition) is 2. The van der Waals surface area contributed by atoms with Crippen LogP contribution in [-0.2, 0) is 6.42 Å². The van der Waals surface area contributed by atoms with Crippen molar-refractivity contribution in [1.29, 1.82) is 0 Å². The van der Waals surface area contributed by atoms with Gasteiger partial charge in [-0.1, -0.05) is 26.0 Å². The Hall–Kier alpha value is -1.06. The van der Waals surface area contributed by atoms with E-state index in [4.69, 9.17) is 0 Å². The third-order valence-corrected chi connectivity index (χ3v) is 4.19. The first-order valence-corrected chi connectivity index (χ1v) is 7.83. The highest BCUT2D eigenvalue weighted by Gasteiger charge is 2.23. The maximum Gasteiger partial charge on any atom is 0.253 e. The topological polar surface area (TPSA) is 32.3 Å². The first-order chi connectivity index (χ1) is 9.74. The normalized spacial score (nSPS) is 15.6. The van der Waals surface area contributed by atoms with Crippen LogP contribution in [0.5, 0.6) is 0 Å². The molecule has 0 radical (unpaired) electrons. The van der Waals surface area contributed by atoms with E-state index in [1.54, 1.807) is 0 Å². The Morgan fingerprint density at radius 1 is 1.19 bits per heavy atom. The molecule has 0 aliphatic carbocycles. The molecule has 2 rings (SSSR count). The number of benzene rings is 1. The first kappa shape index (κ1) is 18.0. The zero-order valence-electron chi connectivity index (χ0n) is 13.1. The molecule has 1 fully saturated rings. The molecule has 1 amide bonds. The number of halogens is 1. The number of likely N-dealkylation sites (tertiary alicyclic amines) is 1. The summed E-state index contributed by atoms with van der Waals surface area (Å²) < 4.78 is 0. The lowest BCUT2D eigenvalue weighted by Crippen LogP contribution is -2.40. The van der Waals surface area contributed by atoms with Gasteiger partial charge in [0.2, 0.25) is 0 Å². The molecule has 1 aromatic carbocycles. The molecular weight excluding hydrogens is 284 g/mol. The quantitative estimate of drug-likeness (QED) is 0.906. The van der Waals surface area contributed by atoms with E-state index >= 15 is 0 Å². The number of nitrogens with one attached hydrogen (secondary N) is 1. The number of rotatable bonds is 5. The van der Waals surface area contributed by atoms with Gasteiger partial charge in [0.05, 0.1) is 0 Å². The second-order valence-corrected chi connectivity index (χ2v) is 5.59. The van der Waals surface area contributed by atoms with Gasteiger partial charge in [-0.15, -0.1) is 12.4 Å². The summed E-state index contributed by atoms with van der Waals surface area (Å²) in [5.41, 5.74) is 2.11. The van der Waals surface area contributed by atoms with Crippen molar-refractivity contribution in [2.75, 3.05) is 26.2 Å². The number of hydrogen-bond donors (Lipinski definition) is 1. The van der Waals surface area contributed by atoms with Crippen LogP contribution in [-0.4, -0.2) is 37.0 Å². The van der Waals surface area contributed by atoms with Gasteiger partial charge in [0, 0.05) is 18.7 Å². The third-order valence-electron chi connectivity index (χ3n) is 4.19. The molecule has 3 nitrogen and oxygen atoms in total. The maximum absolute atomic E-state index is 12.4. The molecule has 1 aromatic rings. The molecule has 0 unspecified atom stereocenters. The van der Waals surface area contributed by atoms with Crippen molar-refractivity contribution in [3.63, 3.8) is 0 Å². The molecule has 1 N–H and O–H groups in total. The molecule has 0 aromatic heterocycles. The van der Waals surface area contributed by atoms with Crippen molar-refractivity contribution in [3.05, 3.63) is 35.4 Å². The fourth-order valence-corrected chi connectivity index (χ4v) is 2.75. The lowest BCUT2D eigenvalue weighted by atomic mass is 9.96. The second-order valence-electron chi connectivity index (χ2n) is 5.59. The summed E-state index contributed by atoms with van der Waals surface area (Å²) in [5, 5.41) is 3.40. The van der Waals surface area contributed by atoms with Gasteiger partial charge in [-0.25, -0.2) is 0 Å². The van der Waals surface area contributed by atoms with Crippen LogP contribution in [0.3, 0.4) is 0 Å². The molecule has 118 valence electrons. The second kappa shape index (κ2) is 9.06. The predicted molar refractivity (Wildman–Crippen MR) is 90.2 cm³/mol. The van der Waals surface area contributed by atoms with Crippen molar-refractivity contribution < 1.29 is 4.79 Å². The number of carbonyl (C=O) groups is 1. The van der Waals surface area contributed by atoms with Crippen molar-refractivity contribution in [1.82, 2.24) is 10.2 Å². The average molecular weight is 311 g/mol. The van der Waals surface area contributed by atoms with E-state index in [1.165, 1.54) is 5.56 Å². The Morgan fingerprint density at radius 3 is 2.33 bits per heavy atom. The minimum atomic E-state index is 0. The summed E-state index contributed by atoms with van der Waals surface area (Å²) in [7, 11) is 0. The Balaban J connectivity index is 0.00000220. The van der Waals surface area contributed by atoms with Crippen LogP contribution >= 0.6 is 12.4 Å². The fraction of sp³-hybridized carbons (Fsp3) is 0.588. The minimum Gasteiger partial charge on any atom is -0.339 e. The van der Waals surface area contributed by atoms with Crippen molar-refractivity contribution in [3.8, 4) is 0 Å². The van der Waals surface area contributed by atoms with Gasteiger partial charge in [0.1, 0.15) is 0 Å². The molecule has 1 aliphatic heterocycles. The highest BCUT2D eigenvalue weighted by Crippen LogP contribution is 2.18. The molecule has 1 heterocycles. The zero-order chi connectivity index (χ0) is 14.4. The summed E-state index contributed by atoms with van der Waals surface area (Å²) in [5.74, 6) is 0.913. The van der Waals surface area contributed by atoms with E-state index in [2.05, 4.69) is 31.3 Å². The van der Waals surface area contributed by atoms with Crippen LogP contribution in [0.25, 0.3) is 0 Å². The summed E-state index contributed by atoms with van der Waals surface area (Å²) in [4.78, 5) is 14.4. The number of aryl methyl sites for hydroxylation is 1. The van der Waals surface area contributed by atoms with Gasteiger partial charge in [-0.2, -0.15) is 0 Å². The standard InChI is InChI=1S/C17H26N2O.ClH/c1-3-14-5-7-16(8-6-14)17(20)19-11-9-15(10-12-19)13-18-4-2;/h5-8,15,18H,3-4,9-13H2,1-2H3;1H. The largest absolute Gasteiger partial charge is 0.339 e. The van der Waals surface area contributed by atoms with Crippen LogP contribution < -0.4 is 5.32 Å². The Kier molecular flexibility index (Phi) is 7.76. The average Bonchev–Trinajstić information content (AvgIpc) is 2.53. The molecule has 0 saturated carbocycles. The molecule has 1 saturated heterocycles. The minimum absolute atomic E-state index is 0. The monoisotopic (exact) mass is 310 g/mol. The van der Waals surface area contributed by atoms with Crippen LogP contribution in [0, 0.1) is 5.92 Å². The number of nitrogens with zero attached hydrogens (tertiary/aromatic N) is 1. The van der Waals surface area contributed by atoms with Crippen molar-refractivity contribution >= 4 is 18.3 Å². The fourth-order valence-electron chi connectivity index (χ4n) is 2.75. The van der Waals surface area contributed by atoms with E-state index < -0.39 is 0 Å². The smallest absolute Gasteiger partial charge is 0.253 e. The summed E-state index contributed by atoms with van der Waals surface area (Å²) >= 11 is 0. The zero-order valence-corrected chi connectivity index (χ0v) is 13.9. The number of piperidine rings is 1. The van der Waals surface area contributed by atoms with Crippen LogP contribution in [0.2, 0.25) is 0 Å². The van der Waals surface area contributed by atoms with E-state index in [1.807, 2.05) is 17.0 Å². The van der Waals surface area contributed by atoms with Crippen molar-refractivity contribution in [2.45, 2.75) is 33.1 Å². The molecule has 0 spiro atoms. The Bertz CT molecular complexity index is 425. The molecule has 0 atom stereocenters. The lowest BCUT2D eigenvalue weighted by molar-refractivity contribution is 0.0690. The van der Waals surface area contributed by atoms with Gasteiger partial charge in [0.25, 0.3) is 5.91 Å². The first-order valence-electron chi connectivity index (χ1n) is 7.83. The van der Waals surface area contributed by atoms with E-state index in [9.17, 15) is 4.79 Å². The summed E-state index contributed by atoms with van der Waals surface area (Å²) in [6, 6.07) is 8.05. The molecule has 21 heavy (non-hydrogen) atoms. The van der Waals surface area contributed by atoms with Crippen LogP contribution in [0.15, 0.2) is 24.3 Å². The van der Waals surface area contributed by atoms with Crippen molar-refractivity contribution in [2.24, 2.45) is 5.92 Å². The summed E-state index contributed by atoms with van der Waals surface area (Å²) in [6.07, 6.45) is 3.25. The van der Waals surface area contributed by atoms with Gasteiger partial charge < -0.3 is 10.2 Å². The van der Waals surface area contributed by atoms with Gasteiger partial charge in [0.15, 0.2) is 0 Å². The highest BCUT2D eigenvalue weighted by molar-refractivity contribution is 5.94. The van der Waals surface area contributed by atoms with Gasteiger partial charge in [-0.3, -0.25) is 4.79 Å². The predicted octanol–water partition coefficient (Wildman–Crippen LogP) is 3.13. The molecule has 4 heteroatoms.